The van der Waals surface area contributed by atoms with E-state index in [1.807, 2.05) is 43.3 Å². The molecule has 0 unspecified atom stereocenters. The van der Waals surface area contributed by atoms with Gasteiger partial charge < -0.3 is 15.5 Å². The Kier molecular flexibility index (Phi) is 9.91. The minimum atomic E-state index is 0. The SMILES string of the molecule is CN=C(NCCCc1ccccc1)NCc1cccc(N(C)C)n1.I. The van der Waals surface area contributed by atoms with E-state index in [9.17, 15) is 0 Å². The molecule has 1 aromatic carbocycles. The summed E-state index contributed by atoms with van der Waals surface area (Å²) in [4.78, 5) is 10.9. The summed E-state index contributed by atoms with van der Waals surface area (Å²) >= 11 is 0. The lowest BCUT2D eigenvalue weighted by atomic mass is 10.1. The molecule has 0 aliphatic rings. The van der Waals surface area contributed by atoms with E-state index in [0.29, 0.717) is 6.54 Å². The van der Waals surface area contributed by atoms with Crippen molar-refractivity contribution in [3.8, 4) is 0 Å². The number of aliphatic imine (C=N–C) groups is 1. The van der Waals surface area contributed by atoms with E-state index in [0.717, 1.165) is 36.9 Å². The van der Waals surface area contributed by atoms with Gasteiger partial charge in [0, 0.05) is 27.7 Å². The van der Waals surface area contributed by atoms with E-state index < -0.39 is 0 Å². The predicted octanol–water partition coefficient (Wildman–Crippen LogP) is 3.06. The number of nitrogens with one attached hydrogen (secondary N) is 2. The van der Waals surface area contributed by atoms with Crippen LogP contribution in [-0.4, -0.2) is 38.6 Å². The molecule has 2 N–H and O–H groups in total. The Morgan fingerprint density at radius 1 is 1.04 bits per heavy atom. The molecule has 0 spiro atoms. The van der Waals surface area contributed by atoms with Crippen LogP contribution in [0.4, 0.5) is 5.82 Å². The van der Waals surface area contributed by atoms with Crippen LogP contribution < -0.4 is 15.5 Å². The van der Waals surface area contributed by atoms with Gasteiger partial charge in [-0.15, -0.1) is 24.0 Å². The van der Waals surface area contributed by atoms with E-state index >= 15 is 0 Å². The zero-order chi connectivity index (χ0) is 17.2. The van der Waals surface area contributed by atoms with Crippen molar-refractivity contribution >= 4 is 35.8 Å². The fourth-order valence-corrected chi connectivity index (χ4v) is 2.35. The lowest BCUT2D eigenvalue weighted by Gasteiger charge is -2.14. The highest BCUT2D eigenvalue weighted by Crippen LogP contribution is 2.07. The summed E-state index contributed by atoms with van der Waals surface area (Å²) in [5, 5.41) is 6.66. The Labute approximate surface area is 168 Å². The molecule has 0 saturated carbocycles. The van der Waals surface area contributed by atoms with Crippen molar-refractivity contribution in [2.24, 2.45) is 4.99 Å². The van der Waals surface area contributed by atoms with Gasteiger partial charge in [0.1, 0.15) is 5.82 Å². The first-order chi connectivity index (χ1) is 11.7. The summed E-state index contributed by atoms with van der Waals surface area (Å²) in [5.74, 6) is 1.76. The summed E-state index contributed by atoms with van der Waals surface area (Å²) in [7, 11) is 5.77. The molecule has 136 valence electrons. The first-order valence-corrected chi connectivity index (χ1v) is 8.30. The van der Waals surface area contributed by atoms with E-state index in [1.54, 1.807) is 7.05 Å². The van der Waals surface area contributed by atoms with Gasteiger partial charge >= 0.3 is 0 Å². The Balaban J connectivity index is 0.00000312. The lowest BCUT2D eigenvalue weighted by molar-refractivity contribution is 0.737. The zero-order valence-electron chi connectivity index (χ0n) is 15.2. The molecule has 0 bridgehead atoms. The molecule has 0 amide bonds. The number of pyridine rings is 1. The number of benzene rings is 1. The summed E-state index contributed by atoms with van der Waals surface area (Å²) in [5.41, 5.74) is 2.36. The fraction of sp³-hybridized carbons (Fsp3) is 0.368. The van der Waals surface area contributed by atoms with Crippen LogP contribution in [0.15, 0.2) is 53.5 Å². The highest BCUT2D eigenvalue weighted by atomic mass is 127. The molecule has 0 atom stereocenters. The van der Waals surface area contributed by atoms with Crippen molar-refractivity contribution in [2.45, 2.75) is 19.4 Å². The Bertz CT molecular complexity index is 643. The van der Waals surface area contributed by atoms with Crippen LogP contribution in [0.1, 0.15) is 17.7 Å². The van der Waals surface area contributed by atoms with Crippen molar-refractivity contribution in [3.63, 3.8) is 0 Å². The van der Waals surface area contributed by atoms with E-state index in [-0.39, 0.29) is 24.0 Å². The molecule has 0 radical (unpaired) electrons. The summed E-state index contributed by atoms with van der Waals surface area (Å²) in [6.07, 6.45) is 2.14. The first-order valence-electron chi connectivity index (χ1n) is 8.30. The molecule has 25 heavy (non-hydrogen) atoms. The average Bonchev–Trinajstić information content (AvgIpc) is 2.62. The molecule has 0 aliphatic carbocycles. The summed E-state index contributed by atoms with van der Waals surface area (Å²) in [6.45, 7) is 1.54. The third-order valence-corrected chi connectivity index (χ3v) is 3.69. The minimum absolute atomic E-state index is 0. The predicted molar refractivity (Wildman–Crippen MR) is 117 cm³/mol. The Morgan fingerprint density at radius 3 is 2.48 bits per heavy atom. The molecule has 2 rings (SSSR count). The number of aromatic nitrogens is 1. The molecule has 0 fully saturated rings. The van der Waals surface area contributed by atoms with Crippen molar-refractivity contribution in [2.75, 3.05) is 32.6 Å². The second kappa shape index (κ2) is 11.7. The number of guanidine groups is 1. The number of hydrogen-bond acceptors (Lipinski definition) is 3. The van der Waals surface area contributed by atoms with Crippen LogP contribution in [0.25, 0.3) is 0 Å². The van der Waals surface area contributed by atoms with Crippen molar-refractivity contribution < 1.29 is 0 Å². The van der Waals surface area contributed by atoms with Gasteiger partial charge in [0.25, 0.3) is 0 Å². The van der Waals surface area contributed by atoms with Crippen molar-refractivity contribution in [1.82, 2.24) is 15.6 Å². The maximum atomic E-state index is 4.60. The van der Waals surface area contributed by atoms with Gasteiger partial charge in [0.05, 0.1) is 12.2 Å². The van der Waals surface area contributed by atoms with Gasteiger partial charge in [-0.05, 0) is 30.5 Å². The van der Waals surface area contributed by atoms with Gasteiger partial charge in [-0.3, -0.25) is 4.99 Å². The number of hydrogen-bond donors (Lipinski definition) is 2. The molecule has 2 aromatic rings. The fourth-order valence-electron chi connectivity index (χ4n) is 2.35. The van der Waals surface area contributed by atoms with Crippen LogP contribution in [0, 0.1) is 0 Å². The maximum Gasteiger partial charge on any atom is 0.191 e. The third-order valence-electron chi connectivity index (χ3n) is 3.69. The smallest absolute Gasteiger partial charge is 0.191 e. The number of halogens is 1. The van der Waals surface area contributed by atoms with Crippen LogP contribution >= 0.6 is 24.0 Å². The van der Waals surface area contributed by atoms with Gasteiger partial charge in [-0.2, -0.15) is 0 Å². The largest absolute Gasteiger partial charge is 0.363 e. The van der Waals surface area contributed by atoms with Crippen LogP contribution in [0.5, 0.6) is 0 Å². The van der Waals surface area contributed by atoms with Crippen LogP contribution in [-0.2, 0) is 13.0 Å². The summed E-state index contributed by atoms with van der Waals surface area (Å²) < 4.78 is 0. The first kappa shape index (κ1) is 21.2. The molecule has 1 aromatic heterocycles. The lowest BCUT2D eigenvalue weighted by Crippen LogP contribution is -2.37. The van der Waals surface area contributed by atoms with Gasteiger partial charge in [-0.25, -0.2) is 4.98 Å². The average molecular weight is 453 g/mol. The topological polar surface area (TPSA) is 52.6 Å². The van der Waals surface area contributed by atoms with Gasteiger partial charge in [0.15, 0.2) is 5.96 Å². The van der Waals surface area contributed by atoms with Crippen LogP contribution in [0.2, 0.25) is 0 Å². The molecule has 1 heterocycles. The molecular weight excluding hydrogens is 425 g/mol. The molecule has 0 saturated heterocycles. The molecule has 0 aliphatic heterocycles. The monoisotopic (exact) mass is 453 g/mol. The number of rotatable bonds is 7. The summed E-state index contributed by atoms with van der Waals surface area (Å²) in [6, 6.07) is 16.6. The van der Waals surface area contributed by atoms with E-state index in [4.69, 9.17) is 0 Å². The van der Waals surface area contributed by atoms with E-state index in [2.05, 4.69) is 44.9 Å². The second-order valence-corrected chi connectivity index (χ2v) is 5.82. The quantitative estimate of drug-likeness (QED) is 0.293. The highest BCUT2D eigenvalue weighted by molar-refractivity contribution is 14.0. The normalized spacial score (nSPS) is 10.8. The maximum absolute atomic E-state index is 4.60. The van der Waals surface area contributed by atoms with E-state index in [1.165, 1.54) is 5.56 Å². The van der Waals surface area contributed by atoms with Crippen molar-refractivity contribution in [3.05, 3.63) is 59.8 Å². The number of aryl methyl sites for hydroxylation is 1. The zero-order valence-corrected chi connectivity index (χ0v) is 17.5. The van der Waals surface area contributed by atoms with Crippen molar-refractivity contribution in [1.29, 1.82) is 0 Å². The number of anilines is 1. The van der Waals surface area contributed by atoms with Crippen LogP contribution in [0.3, 0.4) is 0 Å². The third kappa shape index (κ3) is 7.72. The molecular formula is C19H28IN5. The number of nitrogens with zero attached hydrogens (tertiary/aromatic N) is 3. The minimum Gasteiger partial charge on any atom is -0.363 e. The Hall–Kier alpha value is -1.83. The Morgan fingerprint density at radius 2 is 1.80 bits per heavy atom. The molecule has 6 heteroatoms. The van der Waals surface area contributed by atoms with Gasteiger partial charge in [-0.1, -0.05) is 36.4 Å². The standard InChI is InChI=1S/C19H27N5.HI/c1-20-19(21-14-8-11-16-9-5-4-6-10-16)22-15-17-12-7-13-18(23-17)24(2)3;/h4-7,9-10,12-13H,8,11,14-15H2,1-3H3,(H2,20,21,22);1H. The highest BCUT2D eigenvalue weighted by Gasteiger charge is 2.02. The second-order valence-electron chi connectivity index (χ2n) is 5.82. The molecule has 5 nitrogen and oxygen atoms in total. The van der Waals surface area contributed by atoms with Gasteiger partial charge in [0.2, 0.25) is 0 Å².